The molecule has 0 radical (unpaired) electrons. The smallest absolute Gasteiger partial charge is 0.407 e. The highest BCUT2D eigenvalue weighted by Gasteiger charge is 2.21. The molecule has 0 aliphatic carbocycles. The lowest BCUT2D eigenvalue weighted by molar-refractivity contribution is 0.0522. The molecule has 0 bridgehead atoms. The molecule has 1 amide bonds. The molecule has 4 heteroatoms. The minimum absolute atomic E-state index is 0.392. The second-order valence-electron chi connectivity index (χ2n) is 4.62. The van der Waals surface area contributed by atoms with Crippen LogP contribution in [0, 0.1) is 0 Å². The van der Waals surface area contributed by atoms with E-state index in [1.165, 1.54) is 0 Å². The van der Waals surface area contributed by atoms with Crippen LogP contribution in [0.1, 0.15) is 41.0 Å². The molecule has 0 heterocycles. The van der Waals surface area contributed by atoms with Crippen LogP contribution in [0.3, 0.4) is 0 Å². The zero-order chi connectivity index (χ0) is 11.4. The summed E-state index contributed by atoms with van der Waals surface area (Å²) in [7, 11) is 0. The fraction of sp³-hybridized carbons (Fsp3) is 0.900. The number of carbonyl (C=O) groups excluding carboxylic acids is 1. The van der Waals surface area contributed by atoms with Crippen molar-refractivity contribution in [3.05, 3.63) is 0 Å². The van der Waals surface area contributed by atoms with Crippen molar-refractivity contribution in [1.29, 1.82) is 0 Å². The van der Waals surface area contributed by atoms with Gasteiger partial charge in [0, 0.05) is 6.54 Å². The minimum Gasteiger partial charge on any atom is -0.444 e. The zero-order valence-corrected chi connectivity index (χ0v) is 10.4. The number of amides is 1. The van der Waals surface area contributed by atoms with Gasteiger partial charge < -0.3 is 10.1 Å². The van der Waals surface area contributed by atoms with Crippen molar-refractivity contribution in [1.82, 2.24) is 5.32 Å². The highest BCUT2D eigenvalue weighted by atomic mass is 35.5. The molecule has 0 aromatic heterocycles. The monoisotopic (exact) mass is 221 g/mol. The number of halogens is 1. The maximum Gasteiger partial charge on any atom is 0.407 e. The summed E-state index contributed by atoms with van der Waals surface area (Å²) in [6.45, 7) is 9.75. The molecule has 0 saturated heterocycles. The Morgan fingerprint density at radius 3 is 2.21 bits per heavy atom. The molecule has 1 unspecified atom stereocenters. The van der Waals surface area contributed by atoms with Crippen LogP contribution in [0.4, 0.5) is 4.79 Å². The SMILES string of the molecule is CCC(C)(Cl)CNC(=O)OC(C)(C)C. The number of rotatable bonds is 3. The van der Waals surface area contributed by atoms with Crippen LogP contribution in [0.25, 0.3) is 0 Å². The second kappa shape index (κ2) is 4.87. The standard InChI is InChI=1S/C10H20ClNO2/c1-6-10(5,11)7-12-8(13)14-9(2,3)4/h6-7H2,1-5H3,(H,12,13). The maximum atomic E-state index is 11.2. The van der Waals surface area contributed by atoms with E-state index < -0.39 is 16.6 Å². The van der Waals surface area contributed by atoms with E-state index in [0.717, 1.165) is 6.42 Å². The van der Waals surface area contributed by atoms with Gasteiger partial charge in [-0.1, -0.05) is 6.92 Å². The zero-order valence-electron chi connectivity index (χ0n) is 9.61. The van der Waals surface area contributed by atoms with Gasteiger partial charge in [-0.25, -0.2) is 4.79 Å². The average Bonchev–Trinajstić information content (AvgIpc) is 1.98. The van der Waals surface area contributed by atoms with Crippen molar-refractivity contribution in [2.45, 2.75) is 51.5 Å². The molecule has 0 rings (SSSR count). The highest BCUT2D eigenvalue weighted by Crippen LogP contribution is 2.17. The van der Waals surface area contributed by atoms with Crippen molar-refractivity contribution >= 4 is 17.7 Å². The number of ether oxygens (including phenoxy) is 1. The van der Waals surface area contributed by atoms with E-state index >= 15 is 0 Å². The number of carbonyl (C=O) groups is 1. The molecule has 0 fully saturated rings. The molecular weight excluding hydrogens is 202 g/mol. The van der Waals surface area contributed by atoms with Gasteiger partial charge in [-0.3, -0.25) is 0 Å². The van der Waals surface area contributed by atoms with Gasteiger partial charge in [0.25, 0.3) is 0 Å². The van der Waals surface area contributed by atoms with Gasteiger partial charge in [-0.15, -0.1) is 11.6 Å². The molecular formula is C10H20ClNO2. The first kappa shape index (κ1) is 13.6. The Morgan fingerprint density at radius 2 is 1.86 bits per heavy atom. The number of alkyl halides is 1. The topological polar surface area (TPSA) is 38.3 Å². The van der Waals surface area contributed by atoms with E-state index in [1.54, 1.807) is 0 Å². The van der Waals surface area contributed by atoms with Crippen molar-refractivity contribution in [3.63, 3.8) is 0 Å². The molecule has 0 saturated carbocycles. The maximum absolute atomic E-state index is 11.2. The largest absolute Gasteiger partial charge is 0.444 e. The van der Waals surface area contributed by atoms with Gasteiger partial charge in [-0.05, 0) is 34.1 Å². The summed E-state index contributed by atoms with van der Waals surface area (Å²) < 4.78 is 5.07. The lowest BCUT2D eigenvalue weighted by atomic mass is 10.1. The molecule has 3 nitrogen and oxygen atoms in total. The molecule has 1 atom stereocenters. The molecule has 1 N–H and O–H groups in total. The van der Waals surface area contributed by atoms with Crippen LogP contribution in [0.2, 0.25) is 0 Å². The molecule has 14 heavy (non-hydrogen) atoms. The predicted molar refractivity (Wildman–Crippen MR) is 58.8 cm³/mol. The number of hydrogen-bond donors (Lipinski definition) is 1. The third kappa shape index (κ3) is 7.01. The summed E-state index contributed by atoms with van der Waals surface area (Å²) >= 11 is 6.07. The van der Waals surface area contributed by atoms with Gasteiger partial charge in [0.05, 0.1) is 4.87 Å². The summed E-state index contributed by atoms with van der Waals surface area (Å²) in [5.41, 5.74) is -0.459. The lowest BCUT2D eigenvalue weighted by Crippen LogP contribution is -2.39. The van der Waals surface area contributed by atoms with Crippen molar-refractivity contribution in [3.8, 4) is 0 Å². The number of alkyl carbamates (subject to hydrolysis) is 1. The van der Waals surface area contributed by atoms with E-state index in [4.69, 9.17) is 16.3 Å². The second-order valence-corrected chi connectivity index (χ2v) is 5.53. The summed E-state index contributed by atoms with van der Waals surface area (Å²) in [6, 6.07) is 0. The van der Waals surface area contributed by atoms with E-state index in [-0.39, 0.29) is 0 Å². The van der Waals surface area contributed by atoms with E-state index in [0.29, 0.717) is 6.54 Å². The quantitative estimate of drug-likeness (QED) is 0.745. The molecule has 84 valence electrons. The third-order valence-corrected chi connectivity index (χ3v) is 2.14. The predicted octanol–water partition coefficient (Wildman–Crippen LogP) is 2.92. The Hall–Kier alpha value is -0.440. The minimum atomic E-state index is -0.459. The first-order valence-corrected chi connectivity index (χ1v) is 5.20. The van der Waals surface area contributed by atoms with Gasteiger partial charge in [-0.2, -0.15) is 0 Å². The fourth-order valence-electron chi connectivity index (χ4n) is 0.696. The molecule has 0 aliphatic heterocycles. The molecule has 0 spiro atoms. The Labute approximate surface area is 91.2 Å². The molecule has 0 aliphatic rings. The highest BCUT2D eigenvalue weighted by molar-refractivity contribution is 6.23. The van der Waals surface area contributed by atoms with Crippen molar-refractivity contribution in [2.75, 3.05) is 6.54 Å². The van der Waals surface area contributed by atoms with Crippen LogP contribution >= 0.6 is 11.6 Å². The first-order valence-electron chi connectivity index (χ1n) is 4.82. The Morgan fingerprint density at radius 1 is 1.36 bits per heavy atom. The van der Waals surface area contributed by atoms with E-state index in [1.807, 2.05) is 34.6 Å². The van der Waals surface area contributed by atoms with Crippen molar-refractivity contribution in [2.24, 2.45) is 0 Å². The van der Waals surface area contributed by atoms with Crippen LogP contribution < -0.4 is 5.32 Å². The van der Waals surface area contributed by atoms with Crippen LogP contribution in [0.5, 0.6) is 0 Å². The van der Waals surface area contributed by atoms with Crippen molar-refractivity contribution < 1.29 is 9.53 Å². The summed E-state index contributed by atoms with van der Waals surface area (Å²) in [6.07, 6.45) is 0.377. The molecule has 0 aromatic carbocycles. The molecule has 0 aromatic rings. The van der Waals surface area contributed by atoms with Gasteiger partial charge in [0.1, 0.15) is 5.60 Å². The van der Waals surface area contributed by atoms with E-state index in [2.05, 4.69) is 5.32 Å². The van der Waals surface area contributed by atoms with Gasteiger partial charge >= 0.3 is 6.09 Å². The van der Waals surface area contributed by atoms with Gasteiger partial charge in [0.2, 0.25) is 0 Å². The van der Waals surface area contributed by atoms with Gasteiger partial charge in [0.15, 0.2) is 0 Å². The summed E-state index contributed by atoms with van der Waals surface area (Å²) in [5.74, 6) is 0. The van der Waals surface area contributed by atoms with E-state index in [9.17, 15) is 4.79 Å². The average molecular weight is 222 g/mol. The fourth-order valence-corrected chi connectivity index (χ4v) is 0.762. The summed E-state index contributed by atoms with van der Waals surface area (Å²) in [4.78, 5) is 10.8. The Kier molecular flexibility index (Phi) is 4.72. The number of hydrogen-bond acceptors (Lipinski definition) is 2. The van der Waals surface area contributed by atoms with Crippen LogP contribution in [-0.4, -0.2) is 23.1 Å². The van der Waals surface area contributed by atoms with Crippen LogP contribution in [0.15, 0.2) is 0 Å². The third-order valence-electron chi connectivity index (χ3n) is 1.74. The summed E-state index contributed by atoms with van der Waals surface area (Å²) in [5, 5.41) is 2.64. The Bertz CT molecular complexity index is 197. The lowest BCUT2D eigenvalue weighted by Gasteiger charge is -2.23. The number of nitrogens with one attached hydrogen (secondary N) is 1. The Balaban J connectivity index is 3.87. The normalized spacial score (nSPS) is 15.9. The first-order chi connectivity index (χ1) is 6.16. The van der Waals surface area contributed by atoms with Crippen LogP contribution in [-0.2, 0) is 4.74 Å².